The lowest BCUT2D eigenvalue weighted by atomic mass is 10.1. The first kappa shape index (κ1) is 5.22. The van der Waals surface area contributed by atoms with E-state index >= 15 is 0 Å². The summed E-state index contributed by atoms with van der Waals surface area (Å²) in [6.07, 6.45) is 5.13. The molecular formula is C6H7NO. The van der Waals surface area contributed by atoms with Gasteiger partial charge in [-0.15, -0.1) is 0 Å². The Morgan fingerprint density at radius 2 is 2.50 bits per heavy atom. The molecule has 1 unspecified atom stereocenters. The summed E-state index contributed by atoms with van der Waals surface area (Å²) in [6.45, 7) is 1.83. The fourth-order valence-electron chi connectivity index (χ4n) is 0.533. The summed E-state index contributed by atoms with van der Waals surface area (Å²) in [6, 6.07) is 0. The summed E-state index contributed by atoms with van der Waals surface area (Å²) in [7, 11) is 0. The van der Waals surface area contributed by atoms with E-state index in [1.165, 1.54) is 6.21 Å². The third kappa shape index (κ3) is 0.832. The average molecular weight is 109 g/mol. The number of amides is 1. The molecule has 0 N–H and O–H groups in total. The Morgan fingerprint density at radius 3 is 2.88 bits per heavy atom. The van der Waals surface area contributed by atoms with Crippen LogP contribution in [0.3, 0.4) is 0 Å². The van der Waals surface area contributed by atoms with Gasteiger partial charge in [-0.3, -0.25) is 4.79 Å². The predicted octanol–water partition coefficient (Wildman–Crippen LogP) is 0.790. The number of carbonyl (C=O) groups is 1. The zero-order chi connectivity index (χ0) is 5.98. The molecule has 42 valence electrons. The van der Waals surface area contributed by atoms with Crippen LogP contribution in [0.25, 0.3) is 0 Å². The van der Waals surface area contributed by atoms with Crippen LogP contribution < -0.4 is 0 Å². The van der Waals surface area contributed by atoms with Crippen LogP contribution in [0.1, 0.15) is 6.92 Å². The van der Waals surface area contributed by atoms with Gasteiger partial charge in [0.2, 0.25) is 0 Å². The number of aliphatic imine (C=N–C) groups is 1. The largest absolute Gasteiger partial charge is 0.272 e. The Kier molecular flexibility index (Phi) is 1.24. The first-order valence-corrected chi connectivity index (χ1v) is 2.55. The third-order valence-electron chi connectivity index (χ3n) is 1.08. The molecule has 0 aromatic carbocycles. The molecule has 1 amide bonds. The van der Waals surface area contributed by atoms with E-state index in [0.29, 0.717) is 0 Å². The zero-order valence-electron chi connectivity index (χ0n) is 4.66. The summed E-state index contributed by atoms with van der Waals surface area (Å²) in [5.74, 6) is -0.0625. The highest BCUT2D eigenvalue weighted by molar-refractivity contribution is 5.94. The van der Waals surface area contributed by atoms with Crippen molar-refractivity contribution < 1.29 is 4.79 Å². The van der Waals surface area contributed by atoms with Gasteiger partial charge < -0.3 is 0 Å². The maximum Gasteiger partial charge on any atom is 0.252 e. The van der Waals surface area contributed by atoms with Crippen molar-refractivity contribution in [1.82, 2.24) is 0 Å². The van der Waals surface area contributed by atoms with Crippen molar-refractivity contribution in [3.05, 3.63) is 12.2 Å². The van der Waals surface area contributed by atoms with Crippen LogP contribution in [-0.2, 0) is 4.79 Å². The van der Waals surface area contributed by atoms with Crippen LogP contribution >= 0.6 is 0 Å². The summed E-state index contributed by atoms with van der Waals surface area (Å²) >= 11 is 0. The molecule has 1 aliphatic heterocycles. The minimum Gasteiger partial charge on any atom is -0.272 e. The topological polar surface area (TPSA) is 29.4 Å². The van der Waals surface area contributed by atoms with Gasteiger partial charge in [0, 0.05) is 6.21 Å². The monoisotopic (exact) mass is 109 g/mol. The number of hydrogen-bond acceptors (Lipinski definition) is 1. The molecule has 8 heavy (non-hydrogen) atoms. The number of dihydropyridines is 1. The number of carbonyl (C=O) groups excluding carboxylic acids is 1. The first-order chi connectivity index (χ1) is 3.80. The molecule has 0 saturated carbocycles. The highest BCUT2D eigenvalue weighted by Gasteiger charge is 2.07. The normalized spacial score (nSPS) is 26.6. The molecule has 2 heteroatoms. The zero-order valence-corrected chi connectivity index (χ0v) is 4.66. The second kappa shape index (κ2) is 1.90. The van der Waals surface area contributed by atoms with Gasteiger partial charge in [-0.2, -0.15) is 0 Å². The second-order valence-electron chi connectivity index (χ2n) is 1.79. The van der Waals surface area contributed by atoms with Crippen LogP contribution in [0.2, 0.25) is 0 Å². The maximum absolute atomic E-state index is 10.5. The van der Waals surface area contributed by atoms with Crippen molar-refractivity contribution in [3.63, 3.8) is 0 Å². The standard InChI is InChI=1S/C6H7NO/c1-5-3-2-4-7-6(5)8/h2-5H,1H3. The van der Waals surface area contributed by atoms with Crippen molar-refractivity contribution in [2.45, 2.75) is 6.92 Å². The van der Waals surface area contributed by atoms with Crippen LogP contribution in [0.15, 0.2) is 17.1 Å². The number of nitrogens with zero attached hydrogens (tertiary/aromatic N) is 1. The van der Waals surface area contributed by atoms with Gasteiger partial charge >= 0.3 is 0 Å². The predicted molar refractivity (Wildman–Crippen MR) is 31.8 cm³/mol. The Labute approximate surface area is 47.9 Å². The van der Waals surface area contributed by atoms with Crippen LogP contribution in [0, 0.1) is 5.92 Å². The summed E-state index contributed by atoms with van der Waals surface area (Å²) in [5, 5.41) is 0. The van der Waals surface area contributed by atoms with Gasteiger partial charge in [-0.05, 0) is 13.0 Å². The lowest BCUT2D eigenvalue weighted by Gasteiger charge is -2.00. The Hall–Kier alpha value is -0.920. The average Bonchev–Trinajstić information content (AvgIpc) is 1.77. The minimum atomic E-state index is -0.0486. The van der Waals surface area contributed by atoms with E-state index in [4.69, 9.17) is 0 Å². The molecule has 0 aliphatic carbocycles. The maximum atomic E-state index is 10.5. The van der Waals surface area contributed by atoms with Crippen molar-refractivity contribution in [1.29, 1.82) is 0 Å². The molecule has 0 saturated heterocycles. The Balaban J connectivity index is 2.74. The van der Waals surface area contributed by atoms with Crippen molar-refractivity contribution in [2.24, 2.45) is 10.9 Å². The number of allylic oxidation sites excluding steroid dienone is 1. The third-order valence-corrected chi connectivity index (χ3v) is 1.08. The number of hydrogen-bond donors (Lipinski definition) is 0. The fraction of sp³-hybridized carbons (Fsp3) is 0.333. The molecule has 1 aliphatic rings. The van der Waals surface area contributed by atoms with E-state index in [9.17, 15) is 4.79 Å². The van der Waals surface area contributed by atoms with Crippen molar-refractivity contribution >= 4 is 12.1 Å². The molecule has 2 nitrogen and oxygen atoms in total. The second-order valence-corrected chi connectivity index (χ2v) is 1.79. The Bertz CT molecular complexity index is 158. The van der Waals surface area contributed by atoms with E-state index in [0.717, 1.165) is 0 Å². The lowest BCUT2D eigenvalue weighted by Crippen LogP contribution is -2.07. The SMILES string of the molecule is CC1C=CC=NC1=O. The van der Waals surface area contributed by atoms with Gasteiger partial charge in [0.05, 0.1) is 5.92 Å². The van der Waals surface area contributed by atoms with Crippen molar-refractivity contribution in [2.75, 3.05) is 0 Å². The van der Waals surface area contributed by atoms with E-state index in [1.54, 1.807) is 6.08 Å². The Morgan fingerprint density at radius 1 is 1.75 bits per heavy atom. The summed E-state index contributed by atoms with van der Waals surface area (Å²) < 4.78 is 0. The van der Waals surface area contributed by atoms with Crippen LogP contribution in [0.4, 0.5) is 0 Å². The van der Waals surface area contributed by atoms with E-state index in [-0.39, 0.29) is 11.8 Å². The van der Waals surface area contributed by atoms with E-state index in [2.05, 4.69) is 4.99 Å². The van der Waals surface area contributed by atoms with Gasteiger partial charge in [-0.1, -0.05) is 6.08 Å². The van der Waals surface area contributed by atoms with Gasteiger partial charge in [0.25, 0.3) is 5.91 Å². The number of rotatable bonds is 0. The molecule has 0 spiro atoms. The molecule has 1 atom stereocenters. The molecule has 0 aromatic heterocycles. The summed E-state index contributed by atoms with van der Waals surface area (Å²) in [4.78, 5) is 14.1. The quantitative estimate of drug-likeness (QED) is 0.452. The highest BCUT2D eigenvalue weighted by Crippen LogP contribution is 2.02. The smallest absolute Gasteiger partial charge is 0.252 e. The first-order valence-electron chi connectivity index (χ1n) is 2.55. The lowest BCUT2D eigenvalue weighted by molar-refractivity contribution is -0.119. The molecular weight excluding hydrogens is 102 g/mol. The molecule has 1 heterocycles. The summed E-state index contributed by atoms with van der Waals surface area (Å²) in [5.41, 5.74) is 0. The van der Waals surface area contributed by atoms with Crippen LogP contribution in [0.5, 0.6) is 0 Å². The fourth-order valence-corrected chi connectivity index (χ4v) is 0.533. The molecule has 0 radical (unpaired) electrons. The van der Waals surface area contributed by atoms with Gasteiger partial charge in [-0.25, -0.2) is 4.99 Å². The molecule has 0 bridgehead atoms. The molecule has 0 fully saturated rings. The highest BCUT2D eigenvalue weighted by atomic mass is 16.1. The molecule has 1 rings (SSSR count). The molecule has 0 aromatic rings. The van der Waals surface area contributed by atoms with E-state index in [1.807, 2.05) is 13.0 Å². The van der Waals surface area contributed by atoms with E-state index < -0.39 is 0 Å². The van der Waals surface area contributed by atoms with Gasteiger partial charge in [0.15, 0.2) is 0 Å². The van der Waals surface area contributed by atoms with Crippen molar-refractivity contribution in [3.8, 4) is 0 Å². The van der Waals surface area contributed by atoms with Gasteiger partial charge in [0.1, 0.15) is 0 Å². The van der Waals surface area contributed by atoms with Crippen LogP contribution in [-0.4, -0.2) is 12.1 Å². The minimum absolute atomic E-state index is 0.0139.